The van der Waals surface area contributed by atoms with Crippen LogP contribution in [-0.2, 0) is 0 Å². The molecular weight excluding hydrogens is 257 g/mol. The van der Waals surface area contributed by atoms with Crippen LogP contribution in [0, 0.1) is 12.7 Å². The molecule has 1 saturated heterocycles. The molecule has 6 heteroatoms. The third-order valence-corrected chi connectivity index (χ3v) is 3.97. The zero-order valence-electron chi connectivity index (χ0n) is 12.3. The number of nitrogens with two attached hydrogens (primary N) is 1. The van der Waals surface area contributed by atoms with E-state index in [0.717, 1.165) is 39.0 Å². The minimum atomic E-state index is -0.301. The van der Waals surface area contributed by atoms with Crippen molar-refractivity contribution in [2.45, 2.75) is 32.7 Å². The van der Waals surface area contributed by atoms with E-state index in [9.17, 15) is 4.39 Å². The number of hydrogen-bond acceptors (Lipinski definition) is 5. The fourth-order valence-corrected chi connectivity index (χ4v) is 2.75. The molecule has 1 aliphatic rings. The molecule has 1 atom stereocenters. The van der Waals surface area contributed by atoms with Crippen molar-refractivity contribution in [2.75, 3.05) is 37.6 Å². The molecule has 1 aromatic heterocycles. The SMILES string of the molecule is CCCC(CN)N1CCN(c2ncnc(C)c2F)CC1. The summed E-state index contributed by atoms with van der Waals surface area (Å²) in [4.78, 5) is 12.4. The van der Waals surface area contributed by atoms with Crippen molar-refractivity contribution in [2.24, 2.45) is 5.73 Å². The Kier molecular flexibility index (Phi) is 5.25. The van der Waals surface area contributed by atoms with Crippen molar-refractivity contribution in [3.8, 4) is 0 Å². The van der Waals surface area contributed by atoms with E-state index >= 15 is 0 Å². The largest absolute Gasteiger partial charge is 0.352 e. The molecule has 112 valence electrons. The van der Waals surface area contributed by atoms with Gasteiger partial charge in [0.05, 0.1) is 5.69 Å². The van der Waals surface area contributed by atoms with E-state index < -0.39 is 0 Å². The maximum atomic E-state index is 14.0. The molecule has 0 amide bonds. The van der Waals surface area contributed by atoms with Gasteiger partial charge in [-0.05, 0) is 13.3 Å². The van der Waals surface area contributed by atoms with Gasteiger partial charge in [-0.2, -0.15) is 0 Å². The fourth-order valence-electron chi connectivity index (χ4n) is 2.75. The number of nitrogens with zero attached hydrogens (tertiary/aromatic N) is 4. The fraction of sp³-hybridized carbons (Fsp3) is 0.714. The van der Waals surface area contributed by atoms with Crippen molar-refractivity contribution >= 4 is 5.82 Å². The van der Waals surface area contributed by atoms with Crippen molar-refractivity contribution in [3.05, 3.63) is 17.8 Å². The molecule has 0 spiro atoms. The van der Waals surface area contributed by atoms with Crippen LogP contribution < -0.4 is 10.6 Å². The highest BCUT2D eigenvalue weighted by Gasteiger charge is 2.25. The third kappa shape index (κ3) is 3.24. The summed E-state index contributed by atoms with van der Waals surface area (Å²) in [5.41, 5.74) is 6.25. The number of aryl methyl sites for hydroxylation is 1. The maximum Gasteiger partial charge on any atom is 0.186 e. The summed E-state index contributed by atoms with van der Waals surface area (Å²) < 4.78 is 14.0. The zero-order valence-corrected chi connectivity index (χ0v) is 12.3. The Morgan fingerprint density at radius 3 is 2.60 bits per heavy atom. The highest BCUT2D eigenvalue weighted by molar-refractivity contribution is 5.41. The zero-order chi connectivity index (χ0) is 14.5. The lowest BCUT2D eigenvalue weighted by molar-refractivity contribution is 0.179. The van der Waals surface area contributed by atoms with Crippen LogP contribution in [0.2, 0.25) is 0 Å². The van der Waals surface area contributed by atoms with Crippen LogP contribution >= 0.6 is 0 Å². The van der Waals surface area contributed by atoms with Gasteiger partial charge in [0.15, 0.2) is 11.6 Å². The molecule has 2 N–H and O–H groups in total. The molecule has 2 rings (SSSR count). The molecule has 5 nitrogen and oxygen atoms in total. The Bertz CT molecular complexity index is 432. The summed E-state index contributed by atoms with van der Waals surface area (Å²) in [6.07, 6.45) is 3.69. The predicted octanol–water partition coefficient (Wildman–Crippen LogP) is 1.17. The molecule has 1 aliphatic heterocycles. The van der Waals surface area contributed by atoms with Gasteiger partial charge in [-0.25, -0.2) is 14.4 Å². The van der Waals surface area contributed by atoms with Gasteiger partial charge < -0.3 is 10.6 Å². The molecule has 1 fully saturated rings. The molecule has 20 heavy (non-hydrogen) atoms. The summed E-state index contributed by atoms with van der Waals surface area (Å²) in [5, 5.41) is 0. The molecule has 1 aromatic rings. The number of aromatic nitrogens is 2. The molecule has 0 bridgehead atoms. The van der Waals surface area contributed by atoms with E-state index in [1.54, 1.807) is 6.92 Å². The monoisotopic (exact) mass is 281 g/mol. The molecule has 2 heterocycles. The van der Waals surface area contributed by atoms with Crippen molar-refractivity contribution in [1.82, 2.24) is 14.9 Å². The highest BCUT2D eigenvalue weighted by atomic mass is 19.1. The van der Waals surface area contributed by atoms with Gasteiger partial charge in [0.2, 0.25) is 0 Å². The van der Waals surface area contributed by atoms with Crippen LogP contribution in [0.3, 0.4) is 0 Å². The van der Waals surface area contributed by atoms with Gasteiger partial charge in [-0.15, -0.1) is 0 Å². The molecule has 0 saturated carbocycles. The van der Waals surface area contributed by atoms with E-state index in [-0.39, 0.29) is 5.82 Å². The van der Waals surface area contributed by atoms with Crippen LogP contribution in [0.25, 0.3) is 0 Å². The molecule has 0 aliphatic carbocycles. The Balaban J connectivity index is 1.99. The van der Waals surface area contributed by atoms with Crippen molar-refractivity contribution < 1.29 is 4.39 Å². The quantitative estimate of drug-likeness (QED) is 0.878. The van der Waals surface area contributed by atoms with Gasteiger partial charge in [0.25, 0.3) is 0 Å². The maximum absolute atomic E-state index is 14.0. The number of hydrogen-bond donors (Lipinski definition) is 1. The molecular formula is C14H24FN5. The summed E-state index contributed by atoms with van der Waals surface area (Å²) in [6, 6.07) is 0.444. The Morgan fingerprint density at radius 2 is 2.00 bits per heavy atom. The predicted molar refractivity (Wildman–Crippen MR) is 78.3 cm³/mol. The average Bonchev–Trinajstić information content (AvgIpc) is 2.48. The number of piperazine rings is 1. The number of anilines is 1. The van der Waals surface area contributed by atoms with Gasteiger partial charge >= 0.3 is 0 Å². The second kappa shape index (κ2) is 6.95. The molecule has 1 unspecified atom stereocenters. The lowest BCUT2D eigenvalue weighted by Crippen LogP contribution is -2.52. The standard InChI is InChI=1S/C14H24FN5/c1-3-4-12(9-16)19-5-7-20(8-6-19)14-13(15)11(2)17-10-18-14/h10,12H,3-9,16H2,1-2H3. The third-order valence-electron chi connectivity index (χ3n) is 3.97. The first-order valence-electron chi connectivity index (χ1n) is 7.33. The van der Waals surface area contributed by atoms with E-state index in [2.05, 4.69) is 21.8 Å². The summed E-state index contributed by atoms with van der Waals surface area (Å²) >= 11 is 0. The normalized spacial score (nSPS) is 18.3. The van der Waals surface area contributed by atoms with Gasteiger partial charge in [-0.1, -0.05) is 13.3 Å². The minimum Gasteiger partial charge on any atom is -0.352 e. The van der Waals surface area contributed by atoms with Gasteiger partial charge in [0, 0.05) is 38.8 Å². The molecule has 0 radical (unpaired) electrons. The summed E-state index contributed by atoms with van der Waals surface area (Å²) in [5.74, 6) is 0.127. The first kappa shape index (κ1) is 15.1. The average molecular weight is 281 g/mol. The van der Waals surface area contributed by atoms with E-state index in [1.165, 1.54) is 6.33 Å². The van der Waals surface area contributed by atoms with Gasteiger partial charge in [0.1, 0.15) is 6.33 Å². The topological polar surface area (TPSA) is 58.3 Å². The van der Waals surface area contributed by atoms with Crippen molar-refractivity contribution in [1.29, 1.82) is 0 Å². The second-order valence-electron chi connectivity index (χ2n) is 5.30. The Hall–Kier alpha value is -1.27. The first-order chi connectivity index (χ1) is 9.67. The summed E-state index contributed by atoms with van der Waals surface area (Å²) in [6.45, 7) is 7.92. The van der Waals surface area contributed by atoms with Crippen molar-refractivity contribution in [3.63, 3.8) is 0 Å². The van der Waals surface area contributed by atoms with Crippen LogP contribution in [0.15, 0.2) is 6.33 Å². The van der Waals surface area contributed by atoms with Crippen LogP contribution in [-0.4, -0.2) is 53.6 Å². The number of halogens is 1. The van der Waals surface area contributed by atoms with Crippen LogP contribution in [0.1, 0.15) is 25.5 Å². The van der Waals surface area contributed by atoms with Crippen LogP contribution in [0.5, 0.6) is 0 Å². The summed E-state index contributed by atoms with van der Waals surface area (Å²) in [7, 11) is 0. The van der Waals surface area contributed by atoms with E-state index in [1.807, 2.05) is 4.90 Å². The van der Waals surface area contributed by atoms with Crippen LogP contribution in [0.4, 0.5) is 10.2 Å². The van der Waals surface area contributed by atoms with E-state index in [0.29, 0.717) is 24.1 Å². The molecule has 0 aromatic carbocycles. The highest BCUT2D eigenvalue weighted by Crippen LogP contribution is 2.20. The smallest absolute Gasteiger partial charge is 0.186 e. The Morgan fingerprint density at radius 1 is 1.30 bits per heavy atom. The lowest BCUT2D eigenvalue weighted by atomic mass is 10.1. The minimum absolute atomic E-state index is 0.301. The number of rotatable bonds is 5. The first-order valence-corrected chi connectivity index (χ1v) is 7.33. The van der Waals surface area contributed by atoms with Gasteiger partial charge in [-0.3, -0.25) is 4.90 Å². The lowest BCUT2D eigenvalue weighted by Gasteiger charge is -2.39. The van der Waals surface area contributed by atoms with E-state index in [4.69, 9.17) is 5.73 Å². The second-order valence-corrected chi connectivity index (χ2v) is 5.30. The Labute approximate surface area is 120 Å².